The Hall–Kier alpha value is -1.95. The van der Waals surface area contributed by atoms with Gasteiger partial charge in [0.2, 0.25) is 0 Å². The number of nitrogens with one attached hydrogen (secondary N) is 2. The van der Waals surface area contributed by atoms with Crippen molar-refractivity contribution >= 4 is 5.96 Å². The molecule has 0 saturated carbocycles. The second-order valence-corrected chi connectivity index (χ2v) is 5.86. The van der Waals surface area contributed by atoms with E-state index in [-0.39, 0.29) is 0 Å². The van der Waals surface area contributed by atoms with E-state index in [0.29, 0.717) is 13.2 Å². The molecule has 0 atom stereocenters. The highest BCUT2D eigenvalue weighted by atomic mass is 16.5. The number of aliphatic imine (C=N–C) groups is 1. The quantitative estimate of drug-likeness (QED) is 0.319. The molecule has 1 rings (SSSR count). The van der Waals surface area contributed by atoms with Crippen LogP contribution in [0.3, 0.4) is 0 Å². The second kappa shape index (κ2) is 14.2. The highest BCUT2D eigenvalue weighted by Gasteiger charge is 2.06. The average Bonchev–Trinajstić information content (AvgIpc) is 2.67. The molecule has 0 heterocycles. The third-order valence-corrected chi connectivity index (χ3v) is 3.67. The fourth-order valence-corrected chi connectivity index (χ4v) is 2.33. The normalized spacial score (nSPS) is 11.3. The number of hydrogen-bond donors (Lipinski definition) is 2. The van der Waals surface area contributed by atoms with Crippen LogP contribution in [0.4, 0.5) is 0 Å². The second-order valence-electron chi connectivity index (χ2n) is 5.86. The van der Waals surface area contributed by atoms with Gasteiger partial charge in [-0.15, -0.1) is 0 Å². The van der Waals surface area contributed by atoms with Crippen molar-refractivity contribution in [1.29, 1.82) is 0 Å². The minimum atomic E-state index is 0.582. The van der Waals surface area contributed by atoms with Crippen molar-refractivity contribution in [2.75, 3.05) is 40.0 Å². The molecule has 148 valence electrons. The van der Waals surface area contributed by atoms with Gasteiger partial charge < -0.3 is 24.8 Å². The van der Waals surface area contributed by atoms with Gasteiger partial charge >= 0.3 is 0 Å². The first-order chi connectivity index (χ1) is 12.7. The lowest BCUT2D eigenvalue weighted by Crippen LogP contribution is -2.37. The maximum atomic E-state index is 5.69. The molecule has 0 aliphatic rings. The first-order valence-electron chi connectivity index (χ1n) is 9.64. The lowest BCUT2D eigenvalue weighted by Gasteiger charge is -2.13. The smallest absolute Gasteiger partial charge is 0.191 e. The van der Waals surface area contributed by atoms with Crippen molar-refractivity contribution in [3.63, 3.8) is 0 Å². The Bertz CT molecular complexity index is 521. The van der Waals surface area contributed by atoms with Crippen molar-refractivity contribution in [3.05, 3.63) is 23.8 Å². The Labute approximate surface area is 158 Å². The Morgan fingerprint density at radius 1 is 1.04 bits per heavy atom. The van der Waals surface area contributed by atoms with Crippen molar-refractivity contribution < 1.29 is 14.2 Å². The molecule has 0 saturated heterocycles. The van der Waals surface area contributed by atoms with Gasteiger partial charge in [-0.25, -0.2) is 4.99 Å². The van der Waals surface area contributed by atoms with E-state index in [9.17, 15) is 0 Å². The average molecular weight is 366 g/mol. The van der Waals surface area contributed by atoms with Crippen LogP contribution in [-0.2, 0) is 11.3 Å². The van der Waals surface area contributed by atoms with E-state index >= 15 is 0 Å². The van der Waals surface area contributed by atoms with Crippen LogP contribution >= 0.6 is 0 Å². The number of methoxy groups -OCH3 is 1. The Morgan fingerprint density at radius 2 is 1.88 bits per heavy atom. The van der Waals surface area contributed by atoms with Crippen molar-refractivity contribution in [3.8, 4) is 11.5 Å². The number of unbranched alkanes of at least 4 members (excludes halogenated alkanes) is 1. The van der Waals surface area contributed by atoms with Crippen LogP contribution < -0.4 is 20.1 Å². The van der Waals surface area contributed by atoms with Crippen LogP contribution in [-0.4, -0.2) is 46.0 Å². The van der Waals surface area contributed by atoms with Gasteiger partial charge in [-0.05, 0) is 50.8 Å². The lowest BCUT2D eigenvalue weighted by molar-refractivity contribution is 0.143. The first-order valence-corrected chi connectivity index (χ1v) is 9.64. The summed E-state index contributed by atoms with van der Waals surface area (Å²) in [7, 11) is 1.66. The van der Waals surface area contributed by atoms with Crippen molar-refractivity contribution in [1.82, 2.24) is 10.6 Å². The first kappa shape index (κ1) is 22.1. The lowest BCUT2D eigenvalue weighted by atomic mass is 10.2. The van der Waals surface area contributed by atoms with E-state index in [1.807, 2.05) is 25.1 Å². The third kappa shape index (κ3) is 8.94. The zero-order chi connectivity index (χ0) is 19.0. The van der Waals surface area contributed by atoms with E-state index < -0.39 is 0 Å². The van der Waals surface area contributed by atoms with E-state index in [4.69, 9.17) is 14.2 Å². The van der Waals surface area contributed by atoms with Crippen LogP contribution in [0, 0.1) is 0 Å². The van der Waals surface area contributed by atoms with Gasteiger partial charge in [0.05, 0.1) is 20.3 Å². The summed E-state index contributed by atoms with van der Waals surface area (Å²) in [4.78, 5) is 4.65. The number of guanidine groups is 1. The molecule has 0 amide bonds. The molecule has 0 radical (unpaired) electrons. The molecular weight excluding hydrogens is 330 g/mol. The maximum Gasteiger partial charge on any atom is 0.191 e. The van der Waals surface area contributed by atoms with Gasteiger partial charge in [0, 0.05) is 26.3 Å². The summed E-state index contributed by atoms with van der Waals surface area (Å²) < 4.78 is 16.5. The fourth-order valence-electron chi connectivity index (χ4n) is 2.33. The SMILES string of the molecule is CCCOc1ccc(CN=C(NCC)NCCCCOCC)cc1OC. The summed E-state index contributed by atoms with van der Waals surface area (Å²) in [5.74, 6) is 2.36. The highest BCUT2D eigenvalue weighted by molar-refractivity contribution is 5.79. The Morgan fingerprint density at radius 3 is 2.58 bits per heavy atom. The zero-order valence-corrected chi connectivity index (χ0v) is 16.8. The minimum absolute atomic E-state index is 0.582. The van der Waals surface area contributed by atoms with Gasteiger partial charge in [0.15, 0.2) is 17.5 Å². The summed E-state index contributed by atoms with van der Waals surface area (Å²) in [6, 6.07) is 5.97. The third-order valence-electron chi connectivity index (χ3n) is 3.67. The molecule has 6 nitrogen and oxygen atoms in total. The number of nitrogens with zero attached hydrogens (tertiary/aromatic N) is 1. The molecule has 6 heteroatoms. The van der Waals surface area contributed by atoms with E-state index in [1.54, 1.807) is 7.11 Å². The van der Waals surface area contributed by atoms with Gasteiger partial charge in [-0.2, -0.15) is 0 Å². The number of benzene rings is 1. The van der Waals surface area contributed by atoms with Crippen LogP contribution in [0.25, 0.3) is 0 Å². The molecule has 0 unspecified atom stereocenters. The van der Waals surface area contributed by atoms with Gasteiger partial charge in [0.1, 0.15) is 0 Å². The van der Waals surface area contributed by atoms with Crippen LogP contribution in [0.5, 0.6) is 11.5 Å². The Kier molecular flexibility index (Phi) is 12.1. The molecular formula is C20H35N3O3. The molecule has 2 N–H and O–H groups in total. The molecule has 0 spiro atoms. The highest BCUT2D eigenvalue weighted by Crippen LogP contribution is 2.28. The van der Waals surface area contributed by atoms with Crippen LogP contribution in [0.15, 0.2) is 23.2 Å². The molecule has 0 aromatic heterocycles. The molecule has 0 aliphatic heterocycles. The summed E-state index contributed by atoms with van der Waals surface area (Å²) in [5, 5.41) is 6.64. The number of ether oxygens (including phenoxy) is 3. The van der Waals surface area contributed by atoms with Crippen LogP contribution in [0.2, 0.25) is 0 Å². The molecule has 1 aromatic carbocycles. The van der Waals surface area contributed by atoms with E-state index in [1.165, 1.54) is 0 Å². The molecule has 0 aliphatic carbocycles. The van der Waals surface area contributed by atoms with Gasteiger partial charge in [0.25, 0.3) is 0 Å². The number of hydrogen-bond acceptors (Lipinski definition) is 4. The summed E-state index contributed by atoms with van der Waals surface area (Å²) in [5.41, 5.74) is 1.08. The van der Waals surface area contributed by atoms with Gasteiger partial charge in [-0.1, -0.05) is 13.0 Å². The zero-order valence-electron chi connectivity index (χ0n) is 16.8. The largest absolute Gasteiger partial charge is 0.493 e. The summed E-state index contributed by atoms with van der Waals surface area (Å²) in [6.07, 6.45) is 3.08. The van der Waals surface area contributed by atoms with Crippen LogP contribution in [0.1, 0.15) is 45.6 Å². The predicted molar refractivity (Wildman–Crippen MR) is 107 cm³/mol. The standard InChI is InChI=1S/C20H35N3O3/c1-5-13-26-18-11-10-17(15-19(18)24-4)16-23-20(21-6-2)22-12-8-9-14-25-7-3/h10-11,15H,5-9,12-14,16H2,1-4H3,(H2,21,22,23). The molecule has 1 aromatic rings. The monoisotopic (exact) mass is 365 g/mol. The maximum absolute atomic E-state index is 5.69. The minimum Gasteiger partial charge on any atom is -0.493 e. The van der Waals surface area contributed by atoms with E-state index in [0.717, 1.165) is 68.6 Å². The number of rotatable bonds is 13. The predicted octanol–water partition coefficient (Wildman–Crippen LogP) is 3.36. The molecule has 26 heavy (non-hydrogen) atoms. The molecule has 0 fully saturated rings. The topological polar surface area (TPSA) is 64.1 Å². The molecule has 0 bridgehead atoms. The summed E-state index contributed by atoms with van der Waals surface area (Å²) in [6.45, 7) is 10.7. The fraction of sp³-hybridized carbons (Fsp3) is 0.650. The van der Waals surface area contributed by atoms with Gasteiger partial charge in [-0.3, -0.25) is 0 Å². The van der Waals surface area contributed by atoms with E-state index in [2.05, 4.69) is 29.5 Å². The Balaban J connectivity index is 2.56. The van der Waals surface area contributed by atoms with Crippen molar-refractivity contribution in [2.24, 2.45) is 4.99 Å². The van der Waals surface area contributed by atoms with Crippen molar-refractivity contribution in [2.45, 2.75) is 46.6 Å². The summed E-state index contributed by atoms with van der Waals surface area (Å²) >= 11 is 0.